The summed E-state index contributed by atoms with van der Waals surface area (Å²) in [7, 11) is 0.404. The molecular weight excluding hydrogens is 731 g/mol. The SMILES string of the molecule is COc1ccc2c(c1)C1CC1(C(=O)N1[C@@H]3CC[C@H]1CN(C(=O)OCc1ccccc1)C3)Cn1c-2c(C2CCCCC2)c2ccc(C(=O)NS(=O)(=O)N(C)C)cc21. The Morgan fingerprint density at radius 2 is 1.64 bits per heavy atom. The first-order valence-electron chi connectivity index (χ1n) is 19.9. The lowest BCUT2D eigenvalue weighted by molar-refractivity contribution is -0.143. The van der Waals surface area contributed by atoms with Crippen LogP contribution in [0.2, 0.25) is 0 Å². The van der Waals surface area contributed by atoms with Gasteiger partial charge in [0, 0.05) is 73.8 Å². The standard InChI is InChI=1S/C43H49N5O7S/c1-45(2)56(52,53)44-40(49)29-14-18-34-37(20-29)47-26-43(22-36(43)35-21-32(54-3)17-19-33(35)39(47)38(34)28-12-8-5-9-13-28)41(50)48-30-15-16-31(48)24-46(23-30)42(51)55-25-27-10-6-4-7-11-27/h4,6-7,10-11,14,17-21,28,30-31,36H,5,8-9,12-13,15-16,22-26H2,1-3H3,(H,44,49)/t30-,31+,36?,43?. The molecule has 2 saturated heterocycles. The van der Waals surface area contributed by atoms with Gasteiger partial charge in [0.1, 0.15) is 12.4 Å². The fourth-order valence-corrected chi connectivity index (χ4v) is 10.7. The minimum absolute atomic E-state index is 0.0424. The zero-order valence-electron chi connectivity index (χ0n) is 32.2. The molecule has 1 aromatic heterocycles. The van der Waals surface area contributed by atoms with E-state index < -0.39 is 21.5 Å². The van der Waals surface area contributed by atoms with Gasteiger partial charge < -0.3 is 23.8 Å². The van der Waals surface area contributed by atoms with E-state index in [0.717, 1.165) is 81.9 Å². The van der Waals surface area contributed by atoms with E-state index >= 15 is 4.79 Å². The number of ether oxygens (including phenoxy) is 2. The molecule has 3 aliphatic heterocycles. The Labute approximate surface area is 327 Å². The third-order valence-electron chi connectivity index (χ3n) is 13.1. The van der Waals surface area contributed by atoms with E-state index in [1.807, 2.05) is 42.5 Å². The molecule has 4 heterocycles. The minimum atomic E-state index is -4.01. The van der Waals surface area contributed by atoms with Gasteiger partial charge >= 0.3 is 16.3 Å². The molecule has 4 atom stereocenters. The predicted molar refractivity (Wildman–Crippen MR) is 211 cm³/mol. The highest BCUT2D eigenvalue weighted by atomic mass is 32.2. The number of rotatable bonds is 8. The van der Waals surface area contributed by atoms with Crippen LogP contribution in [0.1, 0.15) is 90.3 Å². The van der Waals surface area contributed by atoms with Crippen LogP contribution in [0, 0.1) is 5.41 Å². The van der Waals surface area contributed by atoms with Crippen molar-refractivity contribution in [2.75, 3.05) is 34.3 Å². The van der Waals surface area contributed by atoms with Crippen LogP contribution in [-0.2, 0) is 32.9 Å². The fourth-order valence-electron chi connectivity index (χ4n) is 10.1. The summed E-state index contributed by atoms with van der Waals surface area (Å²) in [6, 6.07) is 21.1. The van der Waals surface area contributed by atoms with Crippen LogP contribution < -0.4 is 9.46 Å². The third-order valence-corrected chi connectivity index (χ3v) is 14.5. The molecular formula is C43H49N5O7S. The summed E-state index contributed by atoms with van der Waals surface area (Å²) < 4.78 is 42.3. The number of carbonyl (C=O) groups excluding carboxylic acids is 3. The number of fused-ring (bicyclic) bond motifs is 9. The highest BCUT2D eigenvalue weighted by Crippen LogP contribution is 2.66. The predicted octanol–water partition coefficient (Wildman–Crippen LogP) is 6.40. The molecule has 2 saturated carbocycles. The Kier molecular flexibility index (Phi) is 9.15. The number of hydrogen-bond donors (Lipinski definition) is 1. The molecule has 2 bridgehead atoms. The largest absolute Gasteiger partial charge is 0.497 e. The van der Waals surface area contributed by atoms with Crippen molar-refractivity contribution in [3.8, 4) is 17.0 Å². The molecule has 12 nitrogen and oxygen atoms in total. The summed E-state index contributed by atoms with van der Waals surface area (Å²) in [5.41, 5.74) is 5.74. The van der Waals surface area contributed by atoms with Crippen molar-refractivity contribution in [1.29, 1.82) is 0 Å². The maximum atomic E-state index is 15.3. The summed E-state index contributed by atoms with van der Waals surface area (Å²) in [6.07, 6.45) is 7.53. The van der Waals surface area contributed by atoms with Crippen molar-refractivity contribution in [2.24, 2.45) is 5.41 Å². The highest BCUT2D eigenvalue weighted by molar-refractivity contribution is 7.87. The van der Waals surface area contributed by atoms with Gasteiger partial charge in [-0.1, -0.05) is 55.7 Å². The Hall–Kier alpha value is -4.88. The van der Waals surface area contributed by atoms with Crippen LogP contribution >= 0.6 is 0 Å². The van der Waals surface area contributed by atoms with Crippen molar-refractivity contribution < 1.29 is 32.3 Å². The number of methoxy groups -OCH3 is 1. The Morgan fingerprint density at radius 3 is 2.34 bits per heavy atom. The molecule has 9 rings (SSSR count). The summed E-state index contributed by atoms with van der Waals surface area (Å²) in [4.78, 5) is 46.0. The van der Waals surface area contributed by atoms with Gasteiger partial charge in [-0.3, -0.25) is 9.59 Å². The number of carbonyl (C=O) groups is 3. The lowest BCUT2D eigenvalue weighted by atomic mass is 9.81. The average molecular weight is 780 g/mol. The topological polar surface area (TPSA) is 130 Å². The maximum absolute atomic E-state index is 15.3. The molecule has 2 unspecified atom stereocenters. The minimum Gasteiger partial charge on any atom is -0.497 e. The van der Waals surface area contributed by atoms with Crippen LogP contribution in [-0.4, -0.2) is 91.4 Å². The van der Waals surface area contributed by atoms with E-state index in [1.165, 1.54) is 26.1 Å². The van der Waals surface area contributed by atoms with Gasteiger partial charge in [-0.2, -0.15) is 12.7 Å². The van der Waals surface area contributed by atoms with Gasteiger partial charge in [0.05, 0.1) is 18.2 Å². The van der Waals surface area contributed by atoms with Crippen molar-refractivity contribution >= 4 is 39.0 Å². The summed E-state index contributed by atoms with van der Waals surface area (Å²) in [5, 5.41) is 1.03. The van der Waals surface area contributed by atoms with Crippen LogP contribution in [0.5, 0.6) is 5.75 Å². The lowest BCUT2D eigenvalue weighted by Gasteiger charge is -2.42. The number of likely N-dealkylation sites (tertiary alicyclic amines) is 1. The van der Waals surface area contributed by atoms with E-state index in [2.05, 4.69) is 26.3 Å². The van der Waals surface area contributed by atoms with Crippen LogP contribution in [0.3, 0.4) is 0 Å². The number of hydrogen-bond acceptors (Lipinski definition) is 7. The first-order valence-corrected chi connectivity index (χ1v) is 21.3. The molecule has 13 heteroatoms. The van der Waals surface area contributed by atoms with Gasteiger partial charge in [-0.25, -0.2) is 9.52 Å². The summed E-state index contributed by atoms with van der Waals surface area (Å²) in [6.45, 7) is 1.48. The van der Waals surface area contributed by atoms with Crippen LogP contribution in [0.25, 0.3) is 22.2 Å². The molecule has 56 heavy (non-hydrogen) atoms. The number of piperazine rings is 1. The lowest BCUT2D eigenvalue weighted by Crippen LogP contribution is -2.59. The number of benzene rings is 3. The number of aromatic nitrogens is 1. The number of nitrogens with one attached hydrogen (secondary N) is 1. The normalized spacial score (nSPS) is 24.2. The van der Waals surface area contributed by atoms with Crippen molar-refractivity contribution in [3.05, 3.63) is 89.0 Å². The maximum Gasteiger partial charge on any atom is 0.410 e. The second-order valence-electron chi connectivity index (χ2n) is 16.5. The molecule has 3 amide bonds. The molecule has 2 aliphatic carbocycles. The Morgan fingerprint density at radius 1 is 0.911 bits per heavy atom. The van der Waals surface area contributed by atoms with Crippen molar-refractivity contribution in [2.45, 2.75) is 88.4 Å². The highest BCUT2D eigenvalue weighted by Gasteiger charge is 2.65. The smallest absolute Gasteiger partial charge is 0.410 e. The van der Waals surface area contributed by atoms with Crippen LogP contribution in [0.4, 0.5) is 4.79 Å². The molecule has 5 aliphatic rings. The zero-order chi connectivity index (χ0) is 38.9. The first-order chi connectivity index (χ1) is 27.0. The number of nitrogens with zero attached hydrogens (tertiary/aromatic N) is 4. The molecule has 294 valence electrons. The molecule has 4 aromatic rings. The zero-order valence-corrected chi connectivity index (χ0v) is 33.0. The second kappa shape index (κ2) is 13.9. The molecule has 1 N–H and O–H groups in total. The second-order valence-corrected chi connectivity index (χ2v) is 18.4. The fraction of sp³-hybridized carbons (Fsp3) is 0.465. The molecule has 0 radical (unpaired) electrons. The van der Waals surface area contributed by atoms with E-state index in [-0.39, 0.29) is 42.2 Å². The van der Waals surface area contributed by atoms with Gasteiger partial charge in [0.25, 0.3) is 5.91 Å². The quantitative estimate of drug-likeness (QED) is 0.219. The van der Waals surface area contributed by atoms with Gasteiger partial charge in [-0.05, 0) is 85.0 Å². The van der Waals surface area contributed by atoms with Crippen molar-refractivity contribution in [1.82, 2.24) is 23.4 Å². The van der Waals surface area contributed by atoms with Gasteiger partial charge in [0.2, 0.25) is 5.91 Å². The summed E-state index contributed by atoms with van der Waals surface area (Å²) >= 11 is 0. The van der Waals surface area contributed by atoms with E-state index in [9.17, 15) is 18.0 Å². The molecule has 0 spiro atoms. The monoisotopic (exact) mass is 779 g/mol. The number of amides is 3. The van der Waals surface area contributed by atoms with E-state index in [1.54, 1.807) is 24.1 Å². The first kappa shape index (κ1) is 36.7. The Bertz CT molecular complexity index is 2320. The summed E-state index contributed by atoms with van der Waals surface area (Å²) in [5.74, 6) is 0.406. The average Bonchev–Trinajstić information content (AvgIpc) is 3.80. The van der Waals surface area contributed by atoms with E-state index in [4.69, 9.17) is 9.47 Å². The Balaban J connectivity index is 1.10. The van der Waals surface area contributed by atoms with Crippen molar-refractivity contribution in [3.63, 3.8) is 0 Å². The van der Waals surface area contributed by atoms with Gasteiger partial charge in [0.15, 0.2) is 0 Å². The van der Waals surface area contributed by atoms with Gasteiger partial charge in [-0.15, -0.1) is 0 Å². The van der Waals surface area contributed by atoms with Crippen LogP contribution in [0.15, 0.2) is 66.7 Å². The molecule has 4 fully saturated rings. The van der Waals surface area contributed by atoms with E-state index in [0.29, 0.717) is 32.0 Å². The third kappa shape index (κ3) is 6.14. The molecule has 3 aromatic carbocycles.